The van der Waals surface area contributed by atoms with Gasteiger partial charge in [-0.2, -0.15) is 5.10 Å². The van der Waals surface area contributed by atoms with Crippen LogP contribution in [0.5, 0.6) is 0 Å². The molecule has 2 saturated heterocycles. The monoisotopic (exact) mass is 335 g/mol. The molecule has 0 radical (unpaired) electrons. The fourth-order valence-corrected chi connectivity index (χ4v) is 3.39. The van der Waals surface area contributed by atoms with Crippen molar-refractivity contribution in [2.24, 2.45) is 0 Å². The van der Waals surface area contributed by atoms with Crippen molar-refractivity contribution >= 4 is 5.97 Å². The SMILES string of the molecule is CC(C)(C)OC(=O)c1cn([C@H]2CCCCN2)nc1C1CCOCC1. The summed E-state index contributed by atoms with van der Waals surface area (Å²) in [7, 11) is 0. The molecule has 0 unspecified atom stereocenters. The van der Waals surface area contributed by atoms with Gasteiger partial charge in [-0.3, -0.25) is 10.00 Å². The molecule has 3 heterocycles. The number of carbonyl (C=O) groups excluding carboxylic acids is 1. The van der Waals surface area contributed by atoms with Crippen LogP contribution in [0.2, 0.25) is 0 Å². The van der Waals surface area contributed by atoms with Crippen molar-refractivity contribution in [3.63, 3.8) is 0 Å². The van der Waals surface area contributed by atoms with Gasteiger partial charge in [0.25, 0.3) is 0 Å². The Kier molecular flexibility index (Phi) is 5.25. The third-order valence-corrected chi connectivity index (χ3v) is 4.59. The number of carbonyl (C=O) groups is 1. The predicted octanol–water partition coefficient (Wildman–Crippen LogP) is 3.00. The summed E-state index contributed by atoms with van der Waals surface area (Å²) in [4.78, 5) is 12.7. The molecule has 2 aliphatic heterocycles. The fourth-order valence-electron chi connectivity index (χ4n) is 3.39. The normalized spacial score (nSPS) is 23.2. The van der Waals surface area contributed by atoms with Gasteiger partial charge in [0, 0.05) is 25.3 Å². The topological polar surface area (TPSA) is 65.4 Å². The van der Waals surface area contributed by atoms with Crippen LogP contribution < -0.4 is 5.32 Å². The molecule has 1 aromatic heterocycles. The average molecular weight is 335 g/mol. The van der Waals surface area contributed by atoms with E-state index in [1.165, 1.54) is 12.8 Å². The lowest BCUT2D eigenvalue weighted by Crippen LogP contribution is -2.31. The highest BCUT2D eigenvalue weighted by atomic mass is 16.6. The maximum atomic E-state index is 12.7. The van der Waals surface area contributed by atoms with Crippen molar-refractivity contribution in [1.29, 1.82) is 0 Å². The summed E-state index contributed by atoms with van der Waals surface area (Å²) in [6, 6.07) is 0. The Morgan fingerprint density at radius 3 is 2.67 bits per heavy atom. The highest BCUT2D eigenvalue weighted by Gasteiger charge is 2.30. The summed E-state index contributed by atoms with van der Waals surface area (Å²) in [6.45, 7) is 8.14. The van der Waals surface area contributed by atoms with Gasteiger partial charge < -0.3 is 9.47 Å². The number of rotatable bonds is 3. The van der Waals surface area contributed by atoms with E-state index in [4.69, 9.17) is 14.6 Å². The highest BCUT2D eigenvalue weighted by molar-refractivity contribution is 5.91. The average Bonchev–Trinajstić information content (AvgIpc) is 3.00. The second kappa shape index (κ2) is 7.23. The molecule has 0 spiro atoms. The molecule has 0 aromatic carbocycles. The Bertz CT molecular complexity index is 565. The summed E-state index contributed by atoms with van der Waals surface area (Å²) >= 11 is 0. The third kappa shape index (κ3) is 4.16. The van der Waals surface area contributed by atoms with Crippen LogP contribution in [-0.2, 0) is 9.47 Å². The van der Waals surface area contributed by atoms with Crippen LogP contribution in [0.4, 0.5) is 0 Å². The Morgan fingerprint density at radius 2 is 2.04 bits per heavy atom. The minimum absolute atomic E-state index is 0.175. The second-order valence-corrected chi connectivity index (χ2v) is 7.76. The molecule has 2 aliphatic rings. The van der Waals surface area contributed by atoms with Crippen LogP contribution in [0.15, 0.2) is 6.20 Å². The van der Waals surface area contributed by atoms with Gasteiger partial charge in [-0.15, -0.1) is 0 Å². The van der Waals surface area contributed by atoms with Gasteiger partial charge >= 0.3 is 5.97 Å². The predicted molar refractivity (Wildman–Crippen MR) is 91.1 cm³/mol. The number of nitrogens with zero attached hydrogens (tertiary/aromatic N) is 2. The Balaban J connectivity index is 1.88. The molecule has 134 valence electrons. The largest absolute Gasteiger partial charge is 0.456 e. The van der Waals surface area contributed by atoms with Crippen LogP contribution in [0.3, 0.4) is 0 Å². The molecule has 1 N–H and O–H groups in total. The fraction of sp³-hybridized carbons (Fsp3) is 0.778. The van der Waals surface area contributed by atoms with E-state index in [2.05, 4.69) is 5.32 Å². The lowest BCUT2D eigenvalue weighted by Gasteiger charge is -2.24. The Hall–Kier alpha value is -1.40. The van der Waals surface area contributed by atoms with Crippen molar-refractivity contribution in [2.45, 2.75) is 70.6 Å². The molecule has 3 rings (SSSR count). The maximum Gasteiger partial charge on any atom is 0.342 e. The van der Waals surface area contributed by atoms with E-state index in [1.54, 1.807) is 0 Å². The van der Waals surface area contributed by atoms with E-state index in [1.807, 2.05) is 31.6 Å². The number of hydrogen-bond acceptors (Lipinski definition) is 5. The zero-order valence-corrected chi connectivity index (χ0v) is 15.0. The molecule has 1 atom stereocenters. The zero-order chi connectivity index (χ0) is 17.2. The van der Waals surface area contributed by atoms with Gasteiger partial charge in [-0.05, 0) is 59.4 Å². The number of esters is 1. The van der Waals surface area contributed by atoms with Crippen LogP contribution in [0.25, 0.3) is 0 Å². The number of aromatic nitrogens is 2. The molecule has 6 heteroatoms. The molecule has 1 aromatic rings. The first-order valence-electron chi connectivity index (χ1n) is 9.07. The summed E-state index contributed by atoms with van der Waals surface area (Å²) in [6.07, 6.45) is 7.30. The van der Waals surface area contributed by atoms with Crippen molar-refractivity contribution in [2.75, 3.05) is 19.8 Å². The minimum atomic E-state index is -0.505. The zero-order valence-electron chi connectivity index (χ0n) is 15.0. The van der Waals surface area contributed by atoms with E-state index in [0.717, 1.165) is 44.7 Å². The molecular formula is C18H29N3O3. The van der Waals surface area contributed by atoms with Gasteiger partial charge in [0.1, 0.15) is 17.3 Å². The lowest BCUT2D eigenvalue weighted by atomic mass is 9.94. The van der Waals surface area contributed by atoms with Crippen molar-refractivity contribution in [3.05, 3.63) is 17.5 Å². The van der Waals surface area contributed by atoms with Gasteiger partial charge in [0.2, 0.25) is 0 Å². The summed E-state index contributed by atoms with van der Waals surface area (Å²) in [5.41, 5.74) is 0.985. The molecule has 0 bridgehead atoms. The number of nitrogens with one attached hydrogen (secondary N) is 1. The van der Waals surface area contributed by atoms with Crippen LogP contribution in [-0.4, -0.2) is 41.1 Å². The van der Waals surface area contributed by atoms with Gasteiger partial charge in [-0.25, -0.2) is 4.79 Å². The van der Waals surface area contributed by atoms with E-state index in [-0.39, 0.29) is 18.1 Å². The number of hydrogen-bond donors (Lipinski definition) is 1. The van der Waals surface area contributed by atoms with Crippen molar-refractivity contribution in [1.82, 2.24) is 15.1 Å². The molecule has 24 heavy (non-hydrogen) atoms. The van der Waals surface area contributed by atoms with Gasteiger partial charge in [0.05, 0.1) is 5.69 Å². The second-order valence-electron chi connectivity index (χ2n) is 7.76. The Labute approximate surface area is 143 Å². The van der Waals surface area contributed by atoms with E-state index >= 15 is 0 Å². The molecule has 0 amide bonds. The van der Waals surface area contributed by atoms with Gasteiger partial charge in [-0.1, -0.05) is 0 Å². The lowest BCUT2D eigenvalue weighted by molar-refractivity contribution is 0.00658. The molecule has 0 aliphatic carbocycles. The number of ether oxygens (including phenoxy) is 2. The van der Waals surface area contributed by atoms with Crippen LogP contribution in [0, 0.1) is 0 Å². The van der Waals surface area contributed by atoms with Crippen molar-refractivity contribution < 1.29 is 14.3 Å². The van der Waals surface area contributed by atoms with E-state index in [0.29, 0.717) is 5.56 Å². The summed E-state index contributed by atoms with van der Waals surface area (Å²) in [5, 5.41) is 8.30. The van der Waals surface area contributed by atoms with Crippen LogP contribution in [0.1, 0.15) is 81.0 Å². The molecular weight excluding hydrogens is 306 g/mol. The first-order valence-corrected chi connectivity index (χ1v) is 9.07. The van der Waals surface area contributed by atoms with Crippen LogP contribution >= 0.6 is 0 Å². The van der Waals surface area contributed by atoms with Gasteiger partial charge in [0.15, 0.2) is 0 Å². The summed E-state index contributed by atoms with van der Waals surface area (Å²) < 4.78 is 13.0. The highest BCUT2D eigenvalue weighted by Crippen LogP contribution is 2.31. The smallest absolute Gasteiger partial charge is 0.342 e. The molecule has 2 fully saturated rings. The minimum Gasteiger partial charge on any atom is -0.456 e. The molecule has 6 nitrogen and oxygen atoms in total. The quantitative estimate of drug-likeness (QED) is 0.860. The van der Waals surface area contributed by atoms with E-state index in [9.17, 15) is 4.79 Å². The Morgan fingerprint density at radius 1 is 1.29 bits per heavy atom. The third-order valence-electron chi connectivity index (χ3n) is 4.59. The van der Waals surface area contributed by atoms with Crippen molar-refractivity contribution in [3.8, 4) is 0 Å². The van der Waals surface area contributed by atoms with E-state index < -0.39 is 5.60 Å². The first-order chi connectivity index (χ1) is 11.4. The first kappa shape index (κ1) is 17.4. The summed E-state index contributed by atoms with van der Waals surface area (Å²) in [5.74, 6) is -0.00263. The molecule has 0 saturated carbocycles. The standard InChI is InChI=1S/C18H29N3O3/c1-18(2,3)24-17(22)14-12-21(15-6-4-5-9-19-15)20-16(14)13-7-10-23-11-8-13/h12-13,15,19H,4-11H2,1-3H3/t15-/m0/s1. The number of piperidine rings is 1. The maximum absolute atomic E-state index is 12.7.